The van der Waals surface area contributed by atoms with Crippen LogP contribution in [0.3, 0.4) is 0 Å². The van der Waals surface area contributed by atoms with Crippen molar-refractivity contribution in [2.45, 2.75) is 25.0 Å². The minimum Gasteiger partial charge on any atom is -0.389 e. The quantitative estimate of drug-likeness (QED) is 0.786. The second-order valence-corrected chi connectivity index (χ2v) is 4.41. The summed E-state index contributed by atoms with van der Waals surface area (Å²) in [5, 5.41) is 9.55. The number of rotatable bonds is 4. The zero-order chi connectivity index (χ0) is 11.7. The van der Waals surface area contributed by atoms with Gasteiger partial charge in [0, 0.05) is 18.9 Å². The van der Waals surface area contributed by atoms with Crippen LogP contribution in [0.5, 0.6) is 0 Å². The molecule has 0 amide bonds. The van der Waals surface area contributed by atoms with Gasteiger partial charge in [-0.3, -0.25) is 0 Å². The predicted octanol–water partition coefficient (Wildman–Crippen LogP) is 2.35. The van der Waals surface area contributed by atoms with E-state index in [1.165, 1.54) is 5.56 Å². The van der Waals surface area contributed by atoms with E-state index in [-0.39, 0.29) is 12.0 Å². The zero-order valence-corrected chi connectivity index (χ0v) is 9.76. The van der Waals surface area contributed by atoms with Gasteiger partial charge in [0.15, 0.2) is 0 Å². The number of aliphatic hydroxyl groups excluding tert-OH is 1. The average molecular weight is 218 g/mol. The Hall–Kier alpha value is -1.12. The lowest BCUT2D eigenvalue weighted by Gasteiger charge is -2.07. The molecule has 86 valence electrons. The highest BCUT2D eigenvalue weighted by Crippen LogP contribution is 2.53. The van der Waals surface area contributed by atoms with Gasteiger partial charge in [-0.1, -0.05) is 36.9 Å². The molecule has 1 fully saturated rings. The van der Waals surface area contributed by atoms with Gasteiger partial charge in [-0.2, -0.15) is 0 Å². The number of hydrogen-bond donors (Lipinski definition) is 1. The van der Waals surface area contributed by atoms with Gasteiger partial charge in [0.1, 0.15) is 0 Å². The monoisotopic (exact) mass is 218 g/mol. The molecule has 0 aromatic heterocycles. The van der Waals surface area contributed by atoms with Crippen LogP contribution in [0, 0.1) is 5.92 Å². The molecule has 4 atom stereocenters. The smallest absolute Gasteiger partial charge is 0.0723 e. The summed E-state index contributed by atoms with van der Waals surface area (Å²) in [7, 11) is 1.72. The molecule has 1 N–H and O–H groups in total. The molecule has 2 nitrogen and oxygen atoms in total. The number of aliphatic hydroxyl groups is 1. The molecule has 0 radical (unpaired) electrons. The fourth-order valence-electron chi connectivity index (χ4n) is 2.37. The number of methoxy groups -OCH3 is 1. The molecule has 2 unspecified atom stereocenters. The van der Waals surface area contributed by atoms with E-state index in [1.54, 1.807) is 14.0 Å². The van der Waals surface area contributed by atoms with Crippen LogP contribution in [0.2, 0.25) is 0 Å². The van der Waals surface area contributed by atoms with Crippen molar-refractivity contribution in [3.63, 3.8) is 0 Å². The van der Waals surface area contributed by atoms with Gasteiger partial charge in [-0.05, 0) is 18.1 Å². The van der Waals surface area contributed by atoms with Crippen LogP contribution < -0.4 is 0 Å². The van der Waals surface area contributed by atoms with Gasteiger partial charge in [0.05, 0.1) is 12.2 Å². The summed E-state index contributed by atoms with van der Waals surface area (Å²) in [4.78, 5) is 0. The highest BCUT2D eigenvalue weighted by molar-refractivity contribution is 5.36. The van der Waals surface area contributed by atoms with E-state index in [9.17, 15) is 5.11 Å². The second-order valence-electron chi connectivity index (χ2n) is 4.41. The third kappa shape index (κ3) is 1.91. The number of ether oxygens (including phenoxy) is 1. The zero-order valence-electron chi connectivity index (χ0n) is 9.76. The first kappa shape index (κ1) is 11.4. The van der Waals surface area contributed by atoms with E-state index in [1.807, 2.05) is 18.2 Å². The highest BCUT2D eigenvalue weighted by Gasteiger charge is 2.53. The Morgan fingerprint density at radius 3 is 2.50 bits per heavy atom. The second kappa shape index (κ2) is 4.40. The van der Waals surface area contributed by atoms with Gasteiger partial charge in [0.2, 0.25) is 0 Å². The van der Waals surface area contributed by atoms with E-state index in [0.29, 0.717) is 5.92 Å². The largest absolute Gasteiger partial charge is 0.389 e. The van der Waals surface area contributed by atoms with E-state index in [4.69, 9.17) is 4.74 Å². The first-order valence-corrected chi connectivity index (χ1v) is 5.61. The van der Waals surface area contributed by atoms with E-state index >= 15 is 0 Å². The summed E-state index contributed by atoms with van der Waals surface area (Å²) in [6, 6.07) is 10.3. The Bertz CT molecular complexity index is 370. The first-order valence-electron chi connectivity index (χ1n) is 5.61. The lowest BCUT2D eigenvalue weighted by Crippen LogP contribution is -2.07. The minimum absolute atomic E-state index is 0.171. The molecule has 1 aliphatic carbocycles. The van der Waals surface area contributed by atoms with Gasteiger partial charge >= 0.3 is 0 Å². The maximum atomic E-state index is 9.55. The van der Waals surface area contributed by atoms with Crippen molar-refractivity contribution >= 4 is 0 Å². The molecule has 0 aliphatic heterocycles. The Labute approximate surface area is 96.6 Å². The van der Waals surface area contributed by atoms with Gasteiger partial charge in [-0.25, -0.2) is 0 Å². The summed E-state index contributed by atoms with van der Waals surface area (Å²) < 4.78 is 5.44. The van der Waals surface area contributed by atoms with Crippen molar-refractivity contribution in [3.05, 3.63) is 48.0 Å². The van der Waals surface area contributed by atoms with Crippen LogP contribution in [0.15, 0.2) is 42.5 Å². The summed E-state index contributed by atoms with van der Waals surface area (Å²) in [6.45, 7) is 5.72. The molecule has 0 spiro atoms. The Morgan fingerprint density at radius 1 is 1.38 bits per heavy atom. The van der Waals surface area contributed by atoms with E-state index < -0.39 is 6.10 Å². The third-order valence-electron chi connectivity index (χ3n) is 3.38. The van der Waals surface area contributed by atoms with Gasteiger partial charge in [-0.15, -0.1) is 0 Å². The normalized spacial score (nSPS) is 29.8. The highest BCUT2D eigenvalue weighted by atomic mass is 16.5. The van der Waals surface area contributed by atoms with Crippen molar-refractivity contribution in [2.24, 2.45) is 5.92 Å². The van der Waals surface area contributed by atoms with Crippen molar-refractivity contribution in [3.8, 4) is 0 Å². The Kier molecular flexibility index (Phi) is 3.13. The van der Waals surface area contributed by atoms with Crippen molar-refractivity contribution in [2.75, 3.05) is 7.11 Å². The summed E-state index contributed by atoms with van der Waals surface area (Å²) in [6.07, 6.45) is -0.291. The molecule has 0 bridgehead atoms. The maximum Gasteiger partial charge on any atom is 0.0723 e. The SMILES string of the molecule is C=C(C(C)O)[C@H]1C(OC)[C@@H]1c1ccccc1. The summed E-state index contributed by atoms with van der Waals surface area (Å²) in [5.74, 6) is 0.612. The third-order valence-corrected chi connectivity index (χ3v) is 3.38. The first-order chi connectivity index (χ1) is 7.66. The van der Waals surface area contributed by atoms with Crippen molar-refractivity contribution in [1.82, 2.24) is 0 Å². The molecule has 2 rings (SSSR count). The van der Waals surface area contributed by atoms with Crippen LogP contribution in [0.1, 0.15) is 18.4 Å². The van der Waals surface area contributed by atoms with E-state index in [0.717, 1.165) is 5.57 Å². The Balaban J connectivity index is 2.16. The molecule has 1 aromatic carbocycles. The predicted molar refractivity (Wildman–Crippen MR) is 64.3 cm³/mol. The lowest BCUT2D eigenvalue weighted by atomic mass is 10.0. The molecule has 1 aromatic rings. The maximum absolute atomic E-state index is 9.55. The topological polar surface area (TPSA) is 29.5 Å². The fraction of sp³-hybridized carbons (Fsp3) is 0.429. The van der Waals surface area contributed by atoms with Crippen LogP contribution in [-0.4, -0.2) is 24.4 Å². The number of benzene rings is 1. The minimum atomic E-state index is -0.462. The molecule has 1 aliphatic rings. The average Bonchev–Trinajstić information content (AvgIpc) is 3.03. The lowest BCUT2D eigenvalue weighted by molar-refractivity contribution is 0.162. The molecular weight excluding hydrogens is 200 g/mol. The summed E-state index contributed by atoms with van der Waals surface area (Å²) in [5.41, 5.74) is 2.14. The van der Waals surface area contributed by atoms with Crippen LogP contribution >= 0.6 is 0 Å². The fourth-order valence-corrected chi connectivity index (χ4v) is 2.37. The van der Waals surface area contributed by atoms with Crippen LogP contribution in [0.25, 0.3) is 0 Å². The summed E-state index contributed by atoms with van der Waals surface area (Å²) >= 11 is 0. The van der Waals surface area contributed by atoms with Crippen molar-refractivity contribution in [1.29, 1.82) is 0 Å². The van der Waals surface area contributed by atoms with Crippen LogP contribution in [-0.2, 0) is 4.74 Å². The molecule has 0 heterocycles. The standard InChI is InChI=1S/C14H18O2/c1-9(10(2)15)12-13(14(12)16-3)11-7-5-4-6-8-11/h4-8,10,12-15H,1H2,2-3H3/t10?,12-,13-,14?/m1/s1. The van der Waals surface area contributed by atoms with Crippen LogP contribution in [0.4, 0.5) is 0 Å². The van der Waals surface area contributed by atoms with E-state index in [2.05, 4.69) is 18.7 Å². The molecule has 1 saturated carbocycles. The van der Waals surface area contributed by atoms with Gasteiger partial charge < -0.3 is 9.84 Å². The molecular formula is C14H18O2. The van der Waals surface area contributed by atoms with Crippen molar-refractivity contribution < 1.29 is 9.84 Å². The molecule has 0 saturated heterocycles. The molecule has 16 heavy (non-hydrogen) atoms. The number of hydrogen-bond acceptors (Lipinski definition) is 2. The Morgan fingerprint density at radius 2 is 2.00 bits per heavy atom. The van der Waals surface area contributed by atoms with Gasteiger partial charge in [0.25, 0.3) is 0 Å². The molecule has 2 heteroatoms.